The first-order chi connectivity index (χ1) is 27.2. The average Bonchev–Trinajstić information content (AvgIpc) is 3.88. The van der Waals surface area contributed by atoms with Crippen LogP contribution in [-0.2, 0) is 0 Å². The van der Waals surface area contributed by atoms with Crippen molar-refractivity contribution < 1.29 is 0 Å². The van der Waals surface area contributed by atoms with Gasteiger partial charge in [0, 0.05) is 38.3 Å². The molecule has 3 aromatic heterocycles. The Labute approximate surface area is 316 Å². The Morgan fingerprint density at radius 3 is 1.40 bits per heavy atom. The Bertz CT molecular complexity index is 3360. The number of hydrogen-bond acceptors (Lipinski definition) is 0. The summed E-state index contributed by atoms with van der Waals surface area (Å²) in [5.74, 6) is 0. The third kappa shape index (κ3) is 4.51. The fourth-order valence-electron chi connectivity index (χ4n) is 8.68. The summed E-state index contributed by atoms with van der Waals surface area (Å²) in [6, 6.07) is 61.3. The van der Waals surface area contributed by atoms with Gasteiger partial charge in [0.1, 0.15) is 0 Å². The number of benzene rings is 8. The van der Waals surface area contributed by atoms with Gasteiger partial charge in [0.15, 0.2) is 5.69 Å². The summed E-state index contributed by atoms with van der Waals surface area (Å²) in [6.45, 7) is 16.1. The van der Waals surface area contributed by atoms with Crippen LogP contribution in [0.25, 0.3) is 103 Å². The largest absolute Gasteiger partial charge is 0.319 e. The molecule has 11 rings (SSSR count). The number of aromatic nitrogens is 3. The second kappa shape index (κ2) is 11.8. The summed E-state index contributed by atoms with van der Waals surface area (Å²) in [5, 5.41) is 6.89. The lowest BCUT2D eigenvalue weighted by molar-refractivity contribution is 1.16. The van der Waals surface area contributed by atoms with Gasteiger partial charge < -0.3 is 13.7 Å². The molecule has 254 valence electrons. The number of rotatable bonds is 4. The molecule has 55 heavy (non-hydrogen) atoms. The van der Waals surface area contributed by atoms with Crippen molar-refractivity contribution >= 4 is 76.8 Å². The van der Waals surface area contributed by atoms with E-state index in [9.17, 15) is 0 Å². The van der Waals surface area contributed by atoms with Gasteiger partial charge in [-0.3, -0.25) is 0 Å². The smallest absolute Gasteiger partial charge is 0.211 e. The van der Waals surface area contributed by atoms with Gasteiger partial charge in [-0.1, -0.05) is 97.1 Å². The van der Waals surface area contributed by atoms with E-state index >= 15 is 0 Å². The van der Waals surface area contributed by atoms with Crippen molar-refractivity contribution in [1.29, 1.82) is 0 Å². The molecule has 0 saturated heterocycles. The van der Waals surface area contributed by atoms with Gasteiger partial charge in [0.2, 0.25) is 5.69 Å². The van der Waals surface area contributed by atoms with E-state index in [0.717, 1.165) is 72.1 Å². The molecular formula is C50H29N5. The summed E-state index contributed by atoms with van der Waals surface area (Å²) >= 11 is 0. The average molecular weight is 700 g/mol. The zero-order valence-corrected chi connectivity index (χ0v) is 29.5. The van der Waals surface area contributed by atoms with Crippen molar-refractivity contribution in [2.75, 3.05) is 0 Å². The zero-order chi connectivity index (χ0) is 36.6. The fraction of sp³-hybridized carbons (Fsp3) is 0. The van der Waals surface area contributed by atoms with Crippen LogP contribution in [0.4, 0.5) is 11.4 Å². The lowest BCUT2D eigenvalue weighted by atomic mass is 10.0. The molecule has 0 atom stereocenters. The molecule has 5 nitrogen and oxygen atoms in total. The second-order valence-electron chi connectivity index (χ2n) is 14.0. The molecule has 0 N–H and O–H groups in total. The maximum atomic E-state index is 8.27. The van der Waals surface area contributed by atoms with Crippen LogP contribution in [0.5, 0.6) is 0 Å². The minimum atomic E-state index is 0.593. The van der Waals surface area contributed by atoms with Crippen molar-refractivity contribution in [3.8, 4) is 28.2 Å². The molecule has 0 spiro atoms. The van der Waals surface area contributed by atoms with E-state index in [0.29, 0.717) is 11.4 Å². The molecule has 0 aliphatic rings. The molecule has 0 saturated carbocycles. The SMILES string of the molecule is [C-]#[N+]c1ccc2c(c1)c1cc(-n3c4ccccc4c4ccccc43)ccc1n2-c1cccc(-c2ccc(-n3c4ccccc4c4ccccc43)c([N+]#[C-])c2)c1. The van der Waals surface area contributed by atoms with Crippen molar-refractivity contribution in [1.82, 2.24) is 13.7 Å². The molecular weight excluding hydrogens is 671 g/mol. The van der Waals surface area contributed by atoms with Crippen molar-refractivity contribution in [2.45, 2.75) is 0 Å². The summed E-state index contributed by atoms with van der Waals surface area (Å²) < 4.78 is 6.84. The Morgan fingerprint density at radius 1 is 0.327 bits per heavy atom. The highest BCUT2D eigenvalue weighted by atomic mass is 15.0. The van der Waals surface area contributed by atoms with E-state index < -0.39 is 0 Å². The number of hydrogen-bond donors (Lipinski definition) is 0. The quantitative estimate of drug-likeness (QED) is 0.163. The van der Waals surface area contributed by atoms with Crippen molar-refractivity contribution in [3.63, 3.8) is 0 Å². The van der Waals surface area contributed by atoms with Gasteiger partial charge in [-0.2, -0.15) is 0 Å². The summed E-state index contributed by atoms with van der Waals surface area (Å²) in [5.41, 5.74) is 12.7. The lowest BCUT2D eigenvalue weighted by Crippen LogP contribution is -1.96. The number of fused-ring (bicyclic) bond motifs is 9. The molecule has 3 heterocycles. The molecule has 0 radical (unpaired) electrons. The van der Waals surface area contributed by atoms with E-state index in [1.807, 2.05) is 18.2 Å². The first-order valence-electron chi connectivity index (χ1n) is 18.3. The minimum absolute atomic E-state index is 0.593. The number of nitrogens with zero attached hydrogens (tertiary/aromatic N) is 5. The van der Waals surface area contributed by atoms with E-state index in [1.165, 1.54) is 21.5 Å². The van der Waals surface area contributed by atoms with Gasteiger partial charge in [-0.15, -0.1) is 0 Å². The van der Waals surface area contributed by atoms with Crippen molar-refractivity contribution in [2.24, 2.45) is 0 Å². The molecule has 0 aliphatic heterocycles. The standard InChI is InChI=1S/C50H29N5/c1-51-34-23-26-48-41(30-34)42-31-36(54-44-18-7-3-14-37(44)38-15-4-8-19-45(38)54)24-27-49(42)53(48)35-13-11-12-32(28-35)33-22-25-50(43(29-33)52-2)55-46-20-9-5-16-39(46)40-17-6-10-21-47(40)55/h3-31H. The Kier molecular flexibility index (Phi) is 6.61. The molecule has 8 aromatic carbocycles. The molecule has 0 amide bonds. The Morgan fingerprint density at radius 2 is 0.818 bits per heavy atom. The van der Waals surface area contributed by atoms with E-state index in [-0.39, 0.29) is 0 Å². The maximum Gasteiger partial charge on any atom is 0.211 e. The third-order valence-corrected chi connectivity index (χ3v) is 11.1. The van der Waals surface area contributed by atoms with Crippen LogP contribution in [0, 0.1) is 13.1 Å². The first kappa shape index (κ1) is 30.7. The molecule has 5 heteroatoms. The monoisotopic (exact) mass is 699 g/mol. The van der Waals surface area contributed by atoms with Gasteiger partial charge >= 0.3 is 0 Å². The topological polar surface area (TPSA) is 23.5 Å². The first-order valence-corrected chi connectivity index (χ1v) is 18.3. The van der Waals surface area contributed by atoms with Crippen LogP contribution in [0.15, 0.2) is 176 Å². The summed E-state index contributed by atoms with van der Waals surface area (Å²) in [4.78, 5) is 7.86. The van der Waals surface area contributed by atoms with Gasteiger partial charge in [-0.05, 0) is 95.4 Å². The van der Waals surface area contributed by atoms with E-state index in [1.54, 1.807) is 0 Å². The highest BCUT2D eigenvalue weighted by molar-refractivity contribution is 6.13. The van der Waals surface area contributed by atoms with Crippen molar-refractivity contribution in [3.05, 3.63) is 199 Å². The van der Waals surface area contributed by atoms with Crippen LogP contribution in [0.1, 0.15) is 0 Å². The molecule has 0 unspecified atom stereocenters. The number of para-hydroxylation sites is 4. The summed E-state index contributed by atoms with van der Waals surface area (Å²) in [7, 11) is 0. The zero-order valence-electron chi connectivity index (χ0n) is 29.5. The molecule has 0 aliphatic carbocycles. The van der Waals surface area contributed by atoms with E-state index in [2.05, 4.69) is 181 Å². The molecule has 11 aromatic rings. The molecule has 0 fully saturated rings. The predicted molar refractivity (Wildman–Crippen MR) is 227 cm³/mol. The highest BCUT2D eigenvalue weighted by Gasteiger charge is 2.19. The highest BCUT2D eigenvalue weighted by Crippen LogP contribution is 2.40. The van der Waals surface area contributed by atoms with Gasteiger partial charge in [0.25, 0.3) is 0 Å². The van der Waals surface area contributed by atoms with Crippen LogP contribution in [0.3, 0.4) is 0 Å². The van der Waals surface area contributed by atoms with Gasteiger partial charge in [0.05, 0.1) is 51.9 Å². The third-order valence-electron chi connectivity index (χ3n) is 11.1. The minimum Gasteiger partial charge on any atom is -0.319 e. The van der Waals surface area contributed by atoms with Gasteiger partial charge in [-0.25, -0.2) is 9.69 Å². The predicted octanol–water partition coefficient (Wildman–Crippen LogP) is 13.7. The maximum absolute atomic E-state index is 8.27. The van der Waals surface area contributed by atoms with E-state index in [4.69, 9.17) is 13.1 Å². The second-order valence-corrected chi connectivity index (χ2v) is 14.0. The van der Waals surface area contributed by atoms with Crippen LogP contribution < -0.4 is 0 Å². The van der Waals surface area contributed by atoms with Crippen LogP contribution in [-0.4, -0.2) is 13.7 Å². The van der Waals surface area contributed by atoms with Crippen LogP contribution in [0.2, 0.25) is 0 Å². The fourth-order valence-corrected chi connectivity index (χ4v) is 8.68. The normalized spacial score (nSPS) is 11.6. The summed E-state index contributed by atoms with van der Waals surface area (Å²) in [6.07, 6.45) is 0. The lowest BCUT2D eigenvalue weighted by Gasteiger charge is -2.14. The Hall–Kier alpha value is -7.86. The van der Waals surface area contributed by atoms with Crippen LogP contribution >= 0.6 is 0 Å². The molecule has 0 bridgehead atoms. The Balaban J connectivity index is 1.08.